The molecule has 0 heterocycles. The van der Waals surface area contributed by atoms with E-state index >= 15 is 0 Å². The van der Waals surface area contributed by atoms with Crippen molar-refractivity contribution in [2.45, 2.75) is 65.2 Å². The molecule has 14 heavy (non-hydrogen) atoms. The van der Waals surface area contributed by atoms with Gasteiger partial charge in [0.05, 0.1) is 0 Å². The molecule has 1 rings (SSSR count). The molecule has 0 aromatic carbocycles. The minimum Gasteiger partial charge on any atom is -0.123 e. The molecule has 1 aliphatic carbocycles. The number of hydrogen-bond acceptors (Lipinski definition) is 0. The number of rotatable bonds is 3. The first kappa shape index (κ1) is 12.4. The Morgan fingerprint density at radius 2 is 1.71 bits per heavy atom. The zero-order chi connectivity index (χ0) is 10.8. The van der Waals surface area contributed by atoms with Crippen molar-refractivity contribution in [3.05, 3.63) is 0 Å². The Morgan fingerprint density at radius 1 is 1.21 bits per heavy atom. The number of halogens is 1. The lowest BCUT2D eigenvalue weighted by molar-refractivity contribution is 0.181. The van der Waals surface area contributed by atoms with Crippen LogP contribution in [-0.2, 0) is 0 Å². The summed E-state index contributed by atoms with van der Waals surface area (Å²) in [6, 6.07) is 0. The number of alkyl halides is 1. The molecule has 0 nitrogen and oxygen atoms in total. The van der Waals surface area contributed by atoms with E-state index in [2.05, 4.69) is 27.7 Å². The Hall–Kier alpha value is 0.290. The largest absolute Gasteiger partial charge is 0.123 e. The van der Waals surface area contributed by atoms with Gasteiger partial charge in [0.25, 0.3) is 0 Å². The summed E-state index contributed by atoms with van der Waals surface area (Å²) in [6.07, 6.45) is 6.79. The second kappa shape index (κ2) is 4.88. The third-order valence-corrected chi connectivity index (χ3v) is 4.42. The van der Waals surface area contributed by atoms with E-state index in [1.54, 1.807) is 0 Å². The first-order chi connectivity index (χ1) is 6.41. The first-order valence-corrected chi connectivity index (χ1v) is 6.48. The van der Waals surface area contributed by atoms with Gasteiger partial charge in [-0.05, 0) is 49.4 Å². The normalized spacial score (nSPS) is 25.3. The van der Waals surface area contributed by atoms with Crippen LogP contribution in [-0.4, -0.2) is 5.38 Å². The van der Waals surface area contributed by atoms with Crippen molar-refractivity contribution in [3.63, 3.8) is 0 Å². The van der Waals surface area contributed by atoms with Gasteiger partial charge in [0, 0.05) is 5.38 Å². The molecule has 1 aliphatic rings. The maximum Gasteiger partial charge on any atom is 0.0361 e. The van der Waals surface area contributed by atoms with E-state index in [0.717, 1.165) is 5.92 Å². The summed E-state index contributed by atoms with van der Waals surface area (Å²) < 4.78 is 0. The smallest absolute Gasteiger partial charge is 0.0361 e. The lowest BCUT2D eigenvalue weighted by Crippen LogP contribution is -2.24. The highest BCUT2D eigenvalue weighted by Crippen LogP contribution is 2.40. The summed E-state index contributed by atoms with van der Waals surface area (Å²) in [5.74, 6) is 1.53. The third-order valence-electron chi connectivity index (χ3n) is 3.74. The maximum atomic E-state index is 6.32. The van der Waals surface area contributed by atoms with Crippen LogP contribution < -0.4 is 0 Å². The highest BCUT2D eigenvalue weighted by Gasteiger charge is 2.28. The summed E-state index contributed by atoms with van der Waals surface area (Å²) in [5.41, 5.74) is 0.593. The lowest BCUT2D eigenvalue weighted by atomic mass is 9.71. The van der Waals surface area contributed by atoms with Gasteiger partial charge in [0.15, 0.2) is 0 Å². The fourth-order valence-electron chi connectivity index (χ4n) is 2.29. The lowest BCUT2D eigenvalue weighted by Gasteiger charge is -2.35. The van der Waals surface area contributed by atoms with Crippen LogP contribution in [0.5, 0.6) is 0 Å². The average molecular weight is 217 g/mol. The van der Waals surface area contributed by atoms with Gasteiger partial charge < -0.3 is 0 Å². The Morgan fingerprint density at radius 3 is 2.14 bits per heavy atom. The number of hydrogen-bond donors (Lipinski definition) is 0. The van der Waals surface area contributed by atoms with Gasteiger partial charge in [-0.25, -0.2) is 0 Å². The minimum absolute atomic E-state index is 0.390. The first-order valence-electron chi connectivity index (χ1n) is 6.05. The van der Waals surface area contributed by atoms with E-state index in [9.17, 15) is 0 Å². The molecule has 1 unspecified atom stereocenters. The van der Waals surface area contributed by atoms with Gasteiger partial charge in [0.1, 0.15) is 0 Å². The molecular weight excluding hydrogens is 192 g/mol. The van der Waals surface area contributed by atoms with E-state index < -0.39 is 0 Å². The molecule has 84 valence electrons. The van der Waals surface area contributed by atoms with Crippen molar-refractivity contribution in [1.29, 1.82) is 0 Å². The van der Waals surface area contributed by atoms with Crippen LogP contribution in [0.15, 0.2) is 0 Å². The zero-order valence-electron chi connectivity index (χ0n) is 10.1. The predicted octanol–water partition coefficient (Wildman–Crippen LogP) is 4.86. The van der Waals surface area contributed by atoms with Crippen LogP contribution in [0.4, 0.5) is 0 Å². The molecule has 1 heteroatoms. The molecule has 0 amide bonds. The van der Waals surface area contributed by atoms with Crippen molar-refractivity contribution in [3.8, 4) is 0 Å². The molecule has 0 bridgehead atoms. The van der Waals surface area contributed by atoms with Crippen LogP contribution >= 0.6 is 11.6 Å². The van der Waals surface area contributed by atoms with Gasteiger partial charge in [-0.15, -0.1) is 11.6 Å². The van der Waals surface area contributed by atoms with Crippen LogP contribution in [0.3, 0.4) is 0 Å². The van der Waals surface area contributed by atoms with Gasteiger partial charge in [-0.1, -0.05) is 27.7 Å². The summed E-state index contributed by atoms with van der Waals surface area (Å²) in [7, 11) is 0. The van der Waals surface area contributed by atoms with Crippen molar-refractivity contribution in [1.82, 2.24) is 0 Å². The van der Waals surface area contributed by atoms with Gasteiger partial charge in [-0.3, -0.25) is 0 Å². The molecule has 0 aromatic heterocycles. The van der Waals surface area contributed by atoms with Crippen molar-refractivity contribution in [2.24, 2.45) is 17.3 Å². The minimum atomic E-state index is 0.390. The van der Waals surface area contributed by atoms with Crippen molar-refractivity contribution in [2.75, 3.05) is 0 Å². The Kier molecular flexibility index (Phi) is 4.30. The summed E-state index contributed by atoms with van der Waals surface area (Å²) in [5, 5.41) is 0.390. The van der Waals surface area contributed by atoms with E-state index in [-0.39, 0.29) is 0 Å². The van der Waals surface area contributed by atoms with Crippen LogP contribution in [0.25, 0.3) is 0 Å². The van der Waals surface area contributed by atoms with E-state index in [1.165, 1.54) is 32.1 Å². The second-order valence-corrected chi connectivity index (χ2v) is 6.66. The molecule has 1 saturated carbocycles. The highest BCUT2D eigenvalue weighted by atomic mass is 35.5. The predicted molar refractivity (Wildman–Crippen MR) is 64.8 cm³/mol. The summed E-state index contributed by atoms with van der Waals surface area (Å²) in [4.78, 5) is 0. The maximum absolute atomic E-state index is 6.32. The molecule has 0 aromatic rings. The fourth-order valence-corrected chi connectivity index (χ4v) is 2.54. The van der Waals surface area contributed by atoms with E-state index in [4.69, 9.17) is 11.6 Å². The fraction of sp³-hybridized carbons (Fsp3) is 1.00. The quantitative estimate of drug-likeness (QED) is 0.592. The zero-order valence-corrected chi connectivity index (χ0v) is 10.9. The molecule has 0 N–H and O–H groups in total. The molecule has 0 aliphatic heterocycles. The molecular formula is C13H25Cl. The Balaban J connectivity index is 2.29. The highest BCUT2D eigenvalue weighted by molar-refractivity contribution is 6.20. The Bertz CT molecular complexity index is 162. The molecule has 0 spiro atoms. The average Bonchev–Trinajstić information content (AvgIpc) is 2.08. The monoisotopic (exact) mass is 216 g/mol. The molecule has 1 atom stereocenters. The van der Waals surface area contributed by atoms with Crippen molar-refractivity contribution >= 4 is 11.6 Å². The molecule has 0 radical (unpaired) electrons. The van der Waals surface area contributed by atoms with Crippen LogP contribution in [0.1, 0.15) is 59.8 Å². The Labute approximate surface area is 94.4 Å². The van der Waals surface area contributed by atoms with Crippen LogP contribution in [0, 0.1) is 17.3 Å². The van der Waals surface area contributed by atoms with Crippen LogP contribution in [0.2, 0.25) is 0 Å². The van der Waals surface area contributed by atoms with E-state index in [0.29, 0.717) is 16.7 Å². The topological polar surface area (TPSA) is 0 Å². The second-order valence-electron chi connectivity index (χ2n) is 6.10. The van der Waals surface area contributed by atoms with Gasteiger partial charge >= 0.3 is 0 Å². The molecule has 0 saturated heterocycles. The summed E-state index contributed by atoms with van der Waals surface area (Å²) >= 11 is 6.32. The van der Waals surface area contributed by atoms with Crippen molar-refractivity contribution < 1.29 is 0 Å². The third kappa shape index (κ3) is 3.81. The van der Waals surface area contributed by atoms with Gasteiger partial charge in [-0.2, -0.15) is 0 Å². The van der Waals surface area contributed by atoms with E-state index in [1.807, 2.05) is 0 Å². The summed E-state index contributed by atoms with van der Waals surface area (Å²) in [6.45, 7) is 9.24. The van der Waals surface area contributed by atoms with Gasteiger partial charge in [0.2, 0.25) is 0 Å². The standard InChI is InChI=1S/C13H25Cl/c1-10(2)12(14)9-11-5-7-13(3,4)8-6-11/h10-12H,5-9H2,1-4H3. The SMILES string of the molecule is CC(C)C(Cl)CC1CCC(C)(C)CC1. The molecule has 1 fully saturated rings.